The molecule has 2 aromatic carbocycles. The minimum atomic E-state index is -0.640. The molecule has 0 saturated heterocycles. The number of amides is 1. The molecule has 2 rings (SSSR count). The Hall–Kier alpha value is -1.75. The minimum Gasteiger partial charge on any atom is -0.322 e. The van der Waals surface area contributed by atoms with E-state index in [-0.39, 0.29) is 11.3 Å². The van der Waals surface area contributed by atoms with Gasteiger partial charge in [-0.3, -0.25) is 4.79 Å². The molecule has 0 aliphatic heterocycles. The average Bonchev–Trinajstić information content (AvgIpc) is 2.28. The fourth-order valence-corrected chi connectivity index (χ4v) is 2.00. The molecule has 18 heavy (non-hydrogen) atoms. The van der Waals surface area contributed by atoms with Crippen LogP contribution in [0.15, 0.2) is 46.9 Å². The largest absolute Gasteiger partial charge is 0.322 e. The van der Waals surface area contributed by atoms with Crippen LogP contribution in [0.1, 0.15) is 10.4 Å². The molecular formula is C13H8BrF2NO. The van der Waals surface area contributed by atoms with Crippen LogP contribution in [0, 0.1) is 11.6 Å². The monoisotopic (exact) mass is 311 g/mol. The van der Waals surface area contributed by atoms with Crippen molar-refractivity contribution >= 4 is 27.5 Å². The van der Waals surface area contributed by atoms with Gasteiger partial charge in [0.05, 0.1) is 5.56 Å². The minimum absolute atomic E-state index is 0.109. The molecule has 0 fully saturated rings. The summed E-state index contributed by atoms with van der Waals surface area (Å²) in [6.07, 6.45) is 0. The summed E-state index contributed by atoms with van der Waals surface area (Å²) >= 11 is 3.10. The Kier molecular flexibility index (Phi) is 3.72. The lowest BCUT2D eigenvalue weighted by Gasteiger charge is -2.07. The van der Waals surface area contributed by atoms with Crippen LogP contribution in [0.5, 0.6) is 0 Å². The lowest BCUT2D eigenvalue weighted by Crippen LogP contribution is -2.14. The Morgan fingerprint density at radius 3 is 2.50 bits per heavy atom. The van der Waals surface area contributed by atoms with Crippen LogP contribution in [-0.2, 0) is 0 Å². The number of hydrogen-bond donors (Lipinski definition) is 1. The molecule has 2 aromatic rings. The predicted octanol–water partition coefficient (Wildman–Crippen LogP) is 3.98. The van der Waals surface area contributed by atoms with E-state index in [0.29, 0.717) is 4.47 Å². The topological polar surface area (TPSA) is 29.1 Å². The van der Waals surface area contributed by atoms with Gasteiger partial charge in [-0.1, -0.05) is 12.1 Å². The molecule has 0 heterocycles. The van der Waals surface area contributed by atoms with Gasteiger partial charge in [-0.05, 0) is 46.3 Å². The van der Waals surface area contributed by atoms with Crippen molar-refractivity contribution in [3.05, 3.63) is 64.1 Å². The third-order valence-electron chi connectivity index (χ3n) is 2.27. The number of nitrogens with one attached hydrogen (secondary N) is 1. The Morgan fingerprint density at radius 1 is 1.11 bits per heavy atom. The molecule has 0 atom stereocenters. The number of anilines is 1. The maximum Gasteiger partial charge on any atom is 0.259 e. The first-order chi connectivity index (χ1) is 8.58. The summed E-state index contributed by atoms with van der Waals surface area (Å²) in [6.45, 7) is 0. The second-order valence-electron chi connectivity index (χ2n) is 3.56. The van der Waals surface area contributed by atoms with Gasteiger partial charge in [-0.2, -0.15) is 0 Å². The molecule has 0 saturated carbocycles. The molecule has 92 valence electrons. The van der Waals surface area contributed by atoms with Crippen molar-refractivity contribution in [3.8, 4) is 0 Å². The molecule has 0 spiro atoms. The first kappa shape index (κ1) is 12.7. The van der Waals surface area contributed by atoms with Crippen molar-refractivity contribution in [1.29, 1.82) is 0 Å². The van der Waals surface area contributed by atoms with Gasteiger partial charge >= 0.3 is 0 Å². The van der Waals surface area contributed by atoms with Gasteiger partial charge < -0.3 is 5.32 Å². The van der Waals surface area contributed by atoms with Crippen LogP contribution in [0.2, 0.25) is 0 Å². The second kappa shape index (κ2) is 5.27. The zero-order valence-corrected chi connectivity index (χ0v) is 10.7. The van der Waals surface area contributed by atoms with Gasteiger partial charge in [0, 0.05) is 10.2 Å². The van der Waals surface area contributed by atoms with Crippen molar-refractivity contribution in [3.63, 3.8) is 0 Å². The van der Waals surface area contributed by atoms with Crippen LogP contribution in [-0.4, -0.2) is 5.91 Å². The second-order valence-corrected chi connectivity index (χ2v) is 4.42. The first-order valence-corrected chi connectivity index (χ1v) is 5.88. The number of benzene rings is 2. The van der Waals surface area contributed by atoms with Gasteiger partial charge in [0.1, 0.15) is 11.6 Å². The van der Waals surface area contributed by atoms with Crippen molar-refractivity contribution in [2.24, 2.45) is 0 Å². The van der Waals surface area contributed by atoms with Gasteiger partial charge in [-0.25, -0.2) is 8.78 Å². The van der Waals surface area contributed by atoms with Gasteiger partial charge in [0.15, 0.2) is 0 Å². The molecule has 2 nitrogen and oxygen atoms in total. The standard InChI is InChI=1S/C13H8BrF2NO/c14-10-5-2-6-11(16)12(10)13(18)17-9-4-1-3-8(15)7-9/h1-7H,(H,17,18). The highest BCUT2D eigenvalue weighted by Crippen LogP contribution is 2.21. The highest BCUT2D eigenvalue weighted by Gasteiger charge is 2.15. The Balaban J connectivity index is 2.28. The van der Waals surface area contributed by atoms with Crippen LogP contribution >= 0.6 is 15.9 Å². The van der Waals surface area contributed by atoms with Gasteiger partial charge in [-0.15, -0.1) is 0 Å². The number of halogens is 3. The highest BCUT2D eigenvalue weighted by atomic mass is 79.9. The van der Waals surface area contributed by atoms with E-state index in [1.54, 1.807) is 6.07 Å². The predicted molar refractivity (Wildman–Crippen MR) is 68.5 cm³/mol. The number of carbonyl (C=O) groups is 1. The summed E-state index contributed by atoms with van der Waals surface area (Å²) in [6, 6.07) is 9.63. The lowest BCUT2D eigenvalue weighted by molar-refractivity contribution is 0.102. The van der Waals surface area contributed by atoms with E-state index in [1.165, 1.54) is 30.3 Å². The van der Waals surface area contributed by atoms with E-state index in [1.807, 2.05) is 0 Å². The summed E-state index contributed by atoms with van der Waals surface area (Å²) in [5, 5.41) is 2.43. The van der Waals surface area contributed by atoms with Crippen molar-refractivity contribution in [2.75, 3.05) is 5.32 Å². The summed E-state index contributed by atoms with van der Waals surface area (Å²) in [4.78, 5) is 11.9. The third kappa shape index (κ3) is 2.73. The first-order valence-electron chi connectivity index (χ1n) is 5.09. The van der Waals surface area contributed by atoms with E-state index >= 15 is 0 Å². The molecule has 0 bridgehead atoms. The Bertz CT molecular complexity index is 581. The van der Waals surface area contributed by atoms with E-state index in [4.69, 9.17) is 0 Å². The molecule has 0 aromatic heterocycles. The molecule has 5 heteroatoms. The number of rotatable bonds is 2. The van der Waals surface area contributed by atoms with Crippen molar-refractivity contribution in [1.82, 2.24) is 0 Å². The van der Waals surface area contributed by atoms with Gasteiger partial charge in [0.2, 0.25) is 0 Å². The Labute approximate surface area is 111 Å². The zero-order chi connectivity index (χ0) is 13.1. The summed E-state index contributed by atoms with van der Waals surface area (Å²) in [5.41, 5.74) is 0.164. The average molecular weight is 312 g/mol. The SMILES string of the molecule is O=C(Nc1cccc(F)c1)c1c(F)cccc1Br. The maximum absolute atomic E-state index is 13.5. The van der Waals surface area contributed by atoms with Crippen LogP contribution in [0.4, 0.5) is 14.5 Å². The highest BCUT2D eigenvalue weighted by molar-refractivity contribution is 9.10. The van der Waals surface area contributed by atoms with Crippen molar-refractivity contribution in [2.45, 2.75) is 0 Å². The van der Waals surface area contributed by atoms with E-state index < -0.39 is 17.5 Å². The molecule has 0 unspecified atom stereocenters. The molecule has 0 aliphatic rings. The summed E-state index contributed by atoms with van der Waals surface area (Å²) < 4.78 is 26.8. The van der Waals surface area contributed by atoms with E-state index in [9.17, 15) is 13.6 Å². The van der Waals surface area contributed by atoms with Crippen LogP contribution in [0.25, 0.3) is 0 Å². The van der Waals surface area contributed by atoms with Crippen molar-refractivity contribution < 1.29 is 13.6 Å². The molecule has 1 amide bonds. The molecule has 0 radical (unpaired) electrons. The van der Waals surface area contributed by atoms with Crippen LogP contribution in [0.3, 0.4) is 0 Å². The molecule has 0 aliphatic carbocycles. The maximum atomic E-state index is 13.5. The van der Waals surface area contributed by atoms with Gasteiger partial charge in [0.25, 0.3) is 5.91 Å². The summed E-state index contributed by atoms with van der Waals surface area (Å²) in [5.74, 6) is -1.75. The smallest absolute Gasteiger partial charge is 0.259 e. The zero-order valence-electron chi connectivity index (χ0n) is 9.08. The third-order valence-corrected chi connectivity index (χ3v) is 2.93. The number of hydrogen-bond acceptors (Lipinski definition) is 1. The molecular weight excluding hydrogens is 304 g/mol. The normalized spacial score (nSPS) is 10.2. The fourth-order valence-electron chi connectivity index (χ4n) is 1.47. The molecule has 1 N–H and O–H groups in total. The Morgan fingerprint density at radius 2 is 1.83 bits per heavy atom. The summed E-state index contributed by atoms with van der Waals surface area (Å²) in [7, 11) is 0. The van der Waals surface area contributed by atoms with Crippen LogP contribution < -0.4 is 5.32 Å². The quantitative estimate of drug-likeness (QED) is 0.893. The lowest BCUT2D eigenvalue weighted by atomic mass is 10.2. The van der Waals surface area contributed by atoms with E-state index in [2.05, 4.69) is 21.2 Å². The van der Waals surface area contributed by atoms with E-state index in [0.717, 1.165) is 6.07 Å². The fraction of sp³-hybridized carbons (Fsp3) is 0. The number of carbonyl (C=O) groups excluding carboxylic acids is 1.